The molecular formula is C18H17F3N4OS2. The van der Waals surface area contributed by atoms with Gasteiger partial charge in [0.05, 0.1) is 7.11 Å². The maximum Gasteiger partial charge on any atom is 0.446 e. The number of hydrogen-bond donors (Lipinski definition) is 0. The van der Waals surface area contributed by atoms with Gasteiger partial charge in [0, 0.05) is 40.1 Å². The maximum atomic E-state index is 12.4. The van der Waals surface area contributed by atoms with Gasteiger partial charge < -0.3 is 4.74 Å². The number of methoxy groups -OCH3 is 1. The zero-order valence-corrected chi connectivity index (χ0v) is 16.9. The lowest BCUT2D eigenvalue weighted by molar-refractivity contribution is -0.0328. The fraction of sp³-hybridized carbons (Fsp3) is 0.222. The molecule has 5 nitrogen and oxygen atoms in total. The van der Waals surface area contributed by atoms with Gasteiger partial charge in [-0.3, -0.25) is 4.98 Å². The lowest BCUT2D eigenvalue weighted by atomic mass is 10.2. The number of aromatic nitrogens is 4. The highest BCUT2D eigenvalue weighted by molar-refractivity contribution is 8.00. The van der Waals surface area contributed by atoms with Gasteiger partial charge >= 0.3 is 11.5 Å². The fourth-order valence-corrected chi connectivity index (χ4v) is 3.38. The topological polar surface area (TPSA) is 60.8 Å². The molecule has 2 aromatic heterocycles. The van der Waals surface area contributed by atoms with Crippen LogP contribution in [0.15, 0.2) is 63.9 Å². The van der Waals surface area contributed by atoms with Crippen molar-refractivity contribution in [3.05, 3.63) is 49.1 Å². The number of halogens is 3. The van der Waals surface area contributed by atoms with Crippen LogP contribution in [0.5, 0.6) is 6.01 Å². The van der Waals surface area contributed by atoms with E-state index in [1.54, 1.807) is 36.9 Å². The van der Waals surface area contributed by atoms with Crippen molar-refractivity contribution in [3.63, 3.8) is 0 Å². The van der Waals surface area contributed by atoms with Crippen molar-refractivity contribution in [2.24, 2.45) is 0 Å². The molecule has 0 bridgehead atoms. The zero-order chi connectivity index (χ0) is 20.6. The summed E-state index contributed by atoms with van der Waals surface area (Å²) in [7, 11) is 1.47. The molecule has 1 aromatic carbocycles. The van der Waals surface area contributed by atoms with E-state index in [1.807, 2.05) is 13.8 Å². The van der Waals surface area contributed by atoms with Gasteiger partial charge in [-0.25, -0.2) is 15.0 Å². The predicted octanol–water partition coefficient (Wildman–Crippen LogP) is 5.73. The maximum absolute atomic E-state index is 12.4. The van der Waals surface area contributed by atoms with Crippen LogP contribution in [0.2, 0.25) is 0 Å². The molecule has 10 heteroatoms. The molecule has 3 aromatic rings. The number of ether oxygens (including phenoxy) is 1. The van der Waals surface area contributed by atoms with Gasteiger partial charge in [-0.2, -0.15) is 13.2 Å². The summed E-state index contributed by atoms with van der Waals surface area (Å²) in [6, 6.07) is 6.31. The van der Waals surface area contributed by atoms with Gasteiger partial charge in [0.2, 0.25) is 0 Å². The molecule has 0 amide bonds. The Morgan fingerprint density at radius 3 is 2.00 bits per heavy atom. The Morgan fingerprint density at radius 1 is 0.857 bits per heavy atom. The van der Waals surface area contributed by atoms with Crippen molar-refractivity contribution in [1.29, 1.82) is 0 Å². The number of benzene rings is 1. The molecular weight excluding hydrogens is 409 g/mol. The average molecular weight is 426 g/mol. The minimum Gasteiger partial charge on any atom is -0.467 e. The van der Waals surface area contributed by atoms with Crippen molar-refractivity contribution < 1.29 is 17.9 Å². The molecule has 0 spiro atoms. The number of rotatable bonds is 5. The Bertz CT molecular complexity index is 875. The summed E-state index contributed by atoms with van der Waals surface area (Å²) in [4.78, 5) is 17.6. The molecule has 0 aliphatic heterocycles. The second kappa shape index (κ2) is 10.3. The Hall–Kier alpha value is -2.33. The van der Waals surface area contributed by atoms with Gasteiger partial charge in [0.1, 0.15) is 10.7 Å². The second-order valence-corrected chi connectivity index (χ2v) is 6.99. The van der Waals surface area contributed by atoms with E-state index < -0.39 is 5.51 Å². The van der Waals surface area contributed by atoms with E-state index in [-0.39, 0.29) is 22.7 Å². The Morgan fingerprint density at radius 2 is 1.43 bits per heavy atom. The first-order valence-corrected chi connectivity index (χ1v) is 9.79. The molecule has 148 valence electrons. The number of alkyl halides is 3. The van der Waals surface area contributed by atoms with Crippen LogP contribution in [0, 0.1) is 0 Å². The van der Waals surface area contributed by atoms with Gasteiger partial charge in [0.25, 0.3) is 0 Å². The molecule has 0 N–H and O–H groups in total. The van der Waals surface area contributed by atoms with Crippen LogP contribution in [0.3, 0.4) is 0 Å². The van der Waals surface area contributed by atoms with Gasteiger partial charge in [-0.15, -0.1) is 0 Å². The molecule has 28 heavy (non-hydrogen) atoms. The first kappa shape index (κ1) is 22.0. The van der Waals surface area contributed by atoms with Crippen LogP contribution in [0.25, 0.3) is 11.3 Å². The molecule has 2 heterocycles. The summed E-state index contributed by atoms with van der Waals surface area (Å²) in [6.45, 7) is 4.00. The summed E-state index contributed by atoms with van der Waals surface area (Å²) >= 11 is 1.15. The van der Waals surface area contributed by atoms with Crippen LogP contribution in [-0.2, 0) is 0 Å². The summed E-state index contributed by atoms with van der Waals surface area (Å²) in [5.41, 5.74) is -3.07. The number of thioether (sulfide) groups is 1. The monoisotopic (exact) mass is 426 g/mol. The third-order valence-corrected chi connectivity index (χ3v) is 4.76. The van der Waals surface area contributed by atoms with Gasteiger partial charge in [-0.05, 0) is 36.0 Å². The first-order valence-electron chi connectivity index (χ1n) is 8.16. The predicted molar refractivity (Wildman–Crippen MR) is 103 cm³/mol. The average Bonchev–Trinajstić information content (AvgIpc) is 2.70. The molecule has 3 rings (SSSR count). The standard InChI is InChI=1S/C16H11F3N4OS2.C2H6/c1-24-15-22-8-10(9-23-15)13-14(21-7-6-20-13)25-11-2-4-12(5-3-11)26-16(17,18)19;1-2/h2-9H,1H3;1-2H3. The van der Waals surface area contributed by atoms with Gasteiger partial charge in [-0.1, -0.05) is 25.6 Å². The highest BCUT2D eigenvalue weighted by Gasteiger charge is 2.29. The van der Waals surface area contributed by atoms with Crippen molar-refractivity contribution in [3.8, 4) is 17.3 Å². The molecule has 0 fully saturated rings. The van der Waals surface area contributed by atoms with E-state index in [1.165, 1.54) is 31.0 Å². The third-order valence-electron chi connectivity index (χ3n) is 3.02. The Kier molecular flexibility index (Phi) is 8.06. The largest absolute Gasteiger partial charge is 0.467 e. The molecule has 0 saturated heterocycles. The van der Waals surface area contributed by atoms with Crippen molar-refractivity contribution in [2.45, 2.75) is 34.2 Å². The van der Waals surface area contributed by atoms with Crippen LogP contribution in [-0.4, -0.2) is 32.6 Å². The van der Waals surface area contributed by atoms with E-state index >= 15 is 0 Å². The minimum absolute atomic E-state index is 0.129. The number of nitrogens with zero attached hydrogens (tertiary/aromatic N) is 4. The second-order valence-electron chi connectivity index (χ2n) is 4.79. The molecule has 0 atom stereocenters. The van der Waals surface area contributed by atoms with E-state index in [4.69, 9.17) is 4.74 Å². The first-order chi connectivity index (χ1) is 13.4. The van der Waals surface area contributed by atoms with Crippen LogP contribution < -0.4 is 4.74 Å². The third kappa shape index (κ3) is 6.38. The van der Waals surface area contributed by atoms with Crippen molar-refractivity contribution in [1.82, 2.24) is 19.9 Å². The Balaban J connectivity index is 0.00000136. The molecule has 0 saturated carbocycles. The summed E-state index contributed by atoms with van der Waals surface area (Å²) in [5, 5.41) is 0.595. The molecule has 0 aliphatic rings. The molecule has 0 unspecified atom stereocenters. The molecule has 0 radical (unpaired) electrons. The summed E-state index contributed by atoms with van der Waals surface area (Å²) < 4.78 is 42.1. The van der Waals surface area contributed by atoms with Crippen LogP contribution in [0.1, 0.15) is 13.8 Å². The van der Waals surface area contributed by atoms with Crippen molar-refractivity contribution >= 4 is 23.5 Å². The zero-order valence-electron chi connectivity index (χ0n) is 15.3. The quantitative estimate of drug-likeness (QED) is 0.483. The molecule has 0 aliphatic carbocycles. The van der Waals surface area contributed by atoms with Crippen molar-refractivity contribution in [2.75, 3.05) is 7.11 Å². The highest BCUT2D eigenvalue weighted by Crippen LogP contribution is 2.38. The highest BCUT2D eigenvalue weighted by atomic mass is 32.2. The fourth-order valence-electron chi connectivity index (χ4n) is 1.96. The lowest BCUT2D eigenvalue weighted by Crippen LogP contribution is -1.98. The normalized spacial score (nSPS) is 10.8. The summed E-state index contributed by atoms with van der Waals surface area (Å²) in [5.74, 6) is 0. The SMILES string of the molecule is CC.COc1ncc(-c2nccnc2Sc2ccc(SC(F)(F)F)cc2)cn1. The minimum atomic E-state index is -4.30. The summed E-state index contributed by atoms with van der Waals surface area (Å²) in [6.07, 6.45) is 6.24. The number of hydrogen-bond acceptors (Lipinski definition) is 7. The van der Waals surface area contributed by atoms with E-state index in [9.17, 15) is 13.2 Å². The van der Waals surface area contributed by atoms with E-state index in [2.05, 4.69) is 19.9 Å². The van der Waals surface area contributed by atoms with Crippen LogP contribution in [0.4, 0.5) is 13.2 Å². The van der Waals surface area contributed by atoms with E-state index in [0.717, 1.165) is 4.90 Å². The smallest absolute Gasteiger partial charge is 0.446 e. The Labute approximate surface area is 169 Å². The van der Waals surface area contributed by atoms with E-state index in [0.29, 0.717) is 16.3 Å². The van der Waals surface area contributed by atoms with Gasteiger partial charge in [0.15, 0.2) is 0 Å². The lowest BCUT2D eigenvalue weighted by Gasteiger charge is -2.08. The van der Waals surface area contributed by atoms with Crippen LogP contribution >= 0.6 is 23.5 Å².